The lowest BCUT2D eigenvalue weighted by molar-refractivity contribution is -0.0217. The van der Waals surface area contributed by atoms with E-state index in [2.05, 4.69) is 25.7 Å². The molecule has 11 heteroatoms. The molecule has 1 saturated carbocycles. The van der Waals surface area contributed by atoms with E-state index in [4.69, 9.17) is 14.0 Å². The van der Waals surface area contributed by atoms with Crippen molar-refractivity contribution in [2.75, 3.05) is 6.61 Å². The predicted molar refractivity (Wildman–Crippen MR) is 116 cm³/mol. The Morgan fingerprint density at radius 2 is 2.06 bits per heavy atom. The number of halogens is 2. The molecule has 0 aromatic carbocycles. The van der Waals surface area contributed by atoms with Gasteiger partial charge in [0.25, 0.3) is 12.3 Å². The molecule has 0 unspecified atom stereocenters. The average molecular weight is 473 g/mol. The van der Waals surface area contributed by atoms with Gasteiger partial charge in [-0.15, -0.1) is 10.2 Å². The average Bonchev–Trinajstić information content (AvgIpc) is 3.43. The summed E-state index contributed by atoms with van der Waals surface area (Å²) in [6, 6.07) is 6.72. The number of aromatic nitrogens is 4. The van der Waals surface area contributed by atoms with Gasteiger partial charge in [0.15, 0.2) is 5.69 Å². The van der Waals surface area contributed by atoms with Gasteiger partial charge in [0, 0.05) is 29.6 Å². The highest BCUT2D eigenvalue weighted by Gasteiger charge is 2.28. The van der Waals surface area contributed by atoms with Crippen molar-refractivity contribution in [1.29, 1.82) is 0 Å². The van der Waals surface area contributed by atoms with Gasteiger partial charge in [-0.2, -0.15) is 0 Å². The molecule has 1 aliphatic rings. The molecule has 0 aliphatic heterocycles. The van der Waals surface area contributed by atoms with E-state index in [0.29, 0.717) is 30.7 Å². The molecule has 0 spiro atoms. The summed E-state index contributed by atoms with van der Waals surface area (Å²) >= 11 is 0. The number of ether oxygens (including phenoxy) is 2. The first-order valence-electron chi connectivity index (χ1n) is 10.9. The van der Waals surface area contributed by atoms with E-state index in [1.165, 1.54) is 6.07 Å². The van der Waals surface area contributed by atoms with Crippen LogP contribution in [0.4, 0.5) is 8.78 Å². The highest BCUT2D eigenvalue weighted by atomic mass is 19.3. The van der Waals surface area contributed by atoms with Crippen LogP contribution in [-0.2, 0) is 11.3 Å². The van der Waals surface area contributed by atoms with Gasteiger partial charge >= 0.3 is 0 Å². The van der Waals surface area contributed by atoms with Gasteiger partial charge in [-0.3, -0.25) is 9.78 Å². The molecule has 0 bridgehead atoms. The van der Waals surface area contributed by atoms with E-state index in [-0.39, 0.29) is 36.2 Å². The van der Waals surface area contributed by atoms with Gasteiger partial charge in [-0.1, -0.05) is 5.16 Å². The number of nitrogens with zero attached hydrogens (tertiary/aromatic N) is 4. The number of carbonyl (C=O) groups excluding carboxylic acids is 1. The third kappa shape index (κ3) is 5.90. The molecule has 3 aromatic heterocycles. The van der Waals surface area contributed by atoms with Crippen molar-refractivity contribution in [1.82, 2.24) is 25.7 Å². The van der Waals surface area contributed by atoms with E-state index in [0.717, 1.165) is 16.8 Å². The highest BCUT2D eigenvalue weighted by molar-refractivity contribution is 5.92. The molecule has 4 rings (SSSR count). The van der Waals surface area contributed by atoms with Crippen LogP contribution < -0.4 is 10.1 Å². The predicted octanol–water partition coefficient (Wildman–Crippen LogP) is 3.66. The summed E-state index contributed by atoms with van der Waals surface area (Å²) in [4.78, 5) is 16.7. The Bertz CT molecular complexity index is 1110. The first-order valence-corrected chi connectivity index (χ1v) is 10.9. The van der Waals surface area contributed by atoms with Crippen LogP contribution in [0.1, 0.15) is 46.8 Å². The largest absolute Gasteiger partial charge is 0.472 e. The van der Waals surface area contributed by atoms with E-state index < -0.39 is 13.0 Å². The fraction of sp³-hybridized carbons (Fsp3) is 0.435. The molecule has 0 saturated heterocycles. The van der Waals surface area contributed by atoms with Crippen molar-refractivity contribution in [3.8, 4) is 17.1 Å². The van der Waals surface area contributed by atoms with Gasteiger partial charge in [0.1, 0.15) is 24.7 Å². The van der Waals surface area contributed by atoms with Crippen molar-refractivity contribution < 1.29 is 27.6 Å². The Morgan fingerprint density at radius 1 is 1.21 bits per heavy atom. The third-order valence-electron chi connectivity index (χ3n) is 5.58. The molecule has 1 amide bonds. The second-order valence-corrected chi connectivity index (χ2v) is 8.13. The minimum Gasteiger partial charge on any atom is -0.472 e. The molecule has 180 valence electrons. The number of rotatable bonds is 9. The molecule has 9 nitrogen and oxygen atoms in total. The van der Waals surface area contributed by atoms with Crippen LogP contribution in [0.15, 0.2) is 35.0 Å². The maximum Gasteiger partial charge on any atom is 0.272 e. The highest BCUT2D eigenvalue weighted by Crippen LogP contribution is 2.26. The normalized spacial score (nSPS) is 17.8. The Labute approximate surface area is 194 Å². The lowest BCUT2D eigenvalue weighted by Gasteiger charge is -2.13. The van der Waals surface area contributed by atoms with Crippen LogP contribution in [0.3, 0.4) is 0 Å². The zero-order valence-corrected chi connectivity index (χ0v) is 18.8. The summed E-state index contributed by atoms with van der Waals surface area (Å²) in [5.74, 6) is 0.473. The van der Waals surface area contributed by atoms with Crippen LogP contribution in [0.5, 0.6) is 5.88 Å². The van der Waals surface area contributed by atoms with Crippen LogP contribution >= 0.6 is 0 Å². The number of alkyl halides is 2. The Kier molecular flexibility index (Phi) is 7.41. The van der Waals surface area contributed by atoms with Gasteiger partial charge in [-0.05, 0) is 51.3 Å². The Morgan fingerprint density at radius 3 is 2.76 bits per heavy atom. The quantitative estimate of drug-likeness (QED) is 0.501. The second kappa shape index (κ2) is 10.6. The van der Waals surface area contributed by atoms with Crippen molar-refractivity contribution >= 4 is 5.91 Å². The molecular formula is C23H25F2N5O4. The van der Waals surface area contributed by atoms with Crippen LogP contribution in [0, 0.1) is 13.8 Å². The molecule has 3 aromatic rings. The molecule has 0 radical (unpaired) electrons. The Hall–Kier alpha value is -3.47. The molecular weight excluding hydrogens is 448 g/mol. The monoisotopic (exact) mass is 473 g/mol. The maximum absolute atomic E-state index is 12.5. The number of nitrogens with one attached hydrogen (secondary N) is 1. The van der Waals surface area contributed by atoms with Gasteiger partial charge in [0.05, 0.1) is 11.7 Å². The minimum absolute atomic E-state index is 0.136. The standard InChI is InChI=1S/C23H25F2N5O4/c1-13-3-4-15(10-26-13)22-18(14(2)34-30-22)11-33-21-8-7-19(28-29-21)23(31)27-16-5-6-17(9-16)32-12-20(24)25/h3-4,7-8,10,16-17,20H,5-6,9,11-12H2,1-2H3,(H,27,31)/t16-,17-/m1/s1. The topological polar surface area (TPSA) is 112 Å². The van der Waals surface area contributed by atoms with Gasteiger partial charge in [-0.25, -0.2) is 8.78 Å². The molecule has 2 atom stereocenters. The Balaban J connectivity index is 1.31. The molecule has 1 fully saturated rings. The molecule has 1 N–H and O–H groups in total. The van der Waals surface area contributed by atoms with Crippen LogP contribution in [0.2, 0.25) is 0 Å². The SMILES string of the molecule is Cc1ccc(-c2noc(C)c2COc2ccc(C(=O)N[C@@H]3CC[C@@H](OCC(F)F)C3)nn2)cn1. The van der Waals surface area contributed by atoms with E-state index in [9.17, 15) is 13.6 Å². The first-order chi connectivity index (χ1) is 16.4. The fourth-order valence-corrected chi connectivity index (χ4v) is 3.75. The van der Waals surface area contributed by atoms with Crippen LogP contribution in [-0.4, -0.2) is 51.4 Å². The summed E-state index contributed by atoms with van der Waals surface area (Å²) < 4.78 is 40.8. The zero-order valence-electron chi connectivity index (χ0n) is 18.8. The number of aryl methyl sites for hydroxylation is 2. The number of hydrogen-bond donors (Lipinski definition) is 1. The molecule has 3 heterocycles. The fourth-order valence-electron chi connectivity index (χ4n) is 3.75. The second-order valence-electron chi connectivity index (χ2n) is 8.13. The van der Waals surface area contributed by atoms with E-state index in [1.807, 2.05) is 19.1 Å². The van der Waals surface area contributed by atoms with Crippen molar-refractivity contribution in [2.45, 2.75) is 58.3 Å². The van der Waals surface area contributed by atoms with Gasteiger partial charge in [0.2, 0.25) is 5.88 Å². The van der Waals surface area contributed by atoms with E-state index >= 15 is 0 Å². The van der Waals surface area contributed by atoms with Crippen LogP contribution in [0.25, 0.3) is 11.3 Å². The number of amides is 1. The van der Waals surface area contributed by atoms with Crippen molar-refractivity contribution in [2.24, 2.45) is 0 Å². The lowest BCUT2D eigenvalue weighted by atomic mass is 10.1. The lowest BCUT2D eigenvalue weighted by Crippen LogP contribution is -2.34. The molecule has 1 aliphatic carbocycles. The summed E-state index contributed by atoms with van der Waals surface area (Å²) in [5, 5.41) is 14.9. The van der Waals surface area contributed by atoms with Gasteiger partial charge < -0.3 is 19.3 Å². The maximum atomic E-state index is 12.5. The summed E-state index contributed by atoms with van der Waals surface area (Å²) in [6.45, 7) is 3.26. The third-order valence-corrected chi connectivity index (χ3v) is 5.58. The summed E-state index contributed by atoms with van der Waals surface area (Å²) in [5.41, 5.74) is 3.25. The summed E-state index contributed by atoms with van der Waals surface area (Å²) in [7, 11) is 0. The van der Waals surface area contributed by atoms with E-state index in [1.54, 1.807) is 19.2 Å². The number of hydrogen-bond acceptors (Lipinski definition) is 8. The van der Waals surface area contributed by atoms with Crippen molar-refractivity contribution in [3.63, 3.8) is 0 Å². The molecule has 34 heavy (non-hydrogen) atoms. The summed E-state index contributed by atoms with van der Waals surface area (Å²) in [6.07, 6.45) is 0.724. The zero-order chi connectivity index (χ0) is 24.1. The van der Waals surface area contributed by atoms with Crippen molar-refractivity contribution in [3.05, 3.63) is 53.2 Å². The first kappa shape index (κ1) is 23.7. The number of carbonyl (C=O) groups is 1. The smallest absolute Gasteiger partial charge is 0.272 e. The minimum atomic E-state index is -2.50. The number of pyridine rings is 1.